The molecular weight excluding hydrogens is 261 g/mol. The Morgan fingerprint density at radius 1 is 1.44 bits per heavy atom. The summed E-state index contributed by atoms with van der Waals surface area (Å²) in [5.41, 5.74) is -0.334. The first kappa shape index (κ1) is 14.7. The summed E-state index contributed by atoms with van der Waals surface area (Å²) in [5.74, 6) is -1.32. The van der Waals surface area contributed by atoms with E-state index in [1.165, 1.54) is 12.1 Å². The Morgan fingerprint density at radius 2 is 2.22 bits per heavy atom. The van der Waals surface area contributed by atoms with Crippen LogP contribution in [0, 0.1) is 5.82 Å². The molecule has 0 unspecified atom stereocenters. The van der Waals surface area contributed by atoms with Crippen LogP contribution in [0.25, 0.3) is 0 Å². The molecule has 0 saturated carbocycles. The Balaban J connectivity index is 2.37. The third-order valence-corrected chi connectivity index (χ3v) is 2.35. The van der Waals surface area contributed by atoms with Crippen LogP contribution >= 0.6 is 11.6 Å². The standard InChI is InChI=1S/C12H15ClFNO3/c13-5-8-18-7-2-6-15-12(17)11-9(14)3-1-4-10(11)16/h1,3-4,16H,2,5-8H2,(H,15,17). The Bertz CT molecular complexity index is 381. The van der Waals surface area contributed by atoms with Crippen LogP contribution < -0.4 is 5.32 Å². The molecule has 0 aliphatic rings. The number of benzene rings is 1. The minimum atomic E-state index is -0.745. The highest BCUT2D eigenvalue weighted by molar-refractivity contribution is 6.17. The van der Waals surface area contributed by atoms with Gasteiger partial charge in [-0.2, -0.15) is 0 Å². The highest BCUT2D eigenvalue weighted by atomic mass is 35.5. The molecule has 0 saturated heterocycles. The second kappa shape index (κ2) is 7.89. The molecular formula is C12H15ClFNO3. The summed E-state index contributed by atoms with van der Waals surface area (Å²) < 4.78 is 18.4. The van der Waals surface area contributed by atoms with Crippen molar-refractivity contribution in [2.75, 3.05) is 25.6 Å². The molecule has 0 aliphatic carbocycles. The molecule has 2 N–H and O–H groups in total. The lowest BCUT2D eigenvalue weighted by molar-refractivity contribution is 0.0937. The van der Waals surface area contributed by atoms with Gasteiger partial charge in [0.25, 0.3) is 5.91 Å². The maximum Gasteiger partial charge on any atom is 0.258 e. The maximum absolute atomic E-state index is 13.3. The van der Waals surface area contributed by atoms with Gasteiger partial charge in [-0.1, -0.05) is 6.07 Å². The lowest BCUT2D eigenvalue weighted by atomic mass is 10.1. The van der Waals surface area contributed by atoms with Gasteiger partial charge in [-0.25, -0.2) is 4.39 Å². The van der Waals surface area contributed by atoms with E-state index < -0.39 is 11.7 Å². The summed E-state index contributed by atoms with van der Waals surface area (Å²) in [6.07, 6.45) is 0.595. The highest BCUT2D eigenvalue weighted by Crippen LogP contribution is 2.19. The Hall–Kier alpha value is -1.33. The lowest BCUT2D eigenvalue weighted by Gasteiger charge is -2.07. The van der Waals surface area contributed by atoms with Crippen LogP contribution in [0.1, 0.15) is 16.8 Å². The summed E-state index contributed by atoms with van der Waals surface area (Å²) in [6.45, 7) is 1.27. The van der Waals surface area contributed by atoms with Gasteiger partial charge in [0, 0.05) is 19.0 Å². The third kappa shape index (κ3) is 4.50. The summed E-state index contributed by atoms with van der Waals surface area (Å²) in [4.78, 5) is 11.6. The minimum absolute atomic E-state index is 0.334. The number of nitrogens with one attached hydrogen (secondary N) is 1. The average molecular weight is 276 g/mol. The van der Waals surface area contributed by atoms with Crippen LogP contribution in [0.3, 0.4) is 0 Å². The minimum Gasteiger partial charge on any atom is -0.507 e. The van der Waals surface area contributed by atoms with Crippen LogP contribution in [0.2, 0.25) is 0 Å². The molecule has 18 heavy (non-hydrogen) atoms. The predicted molar refractivity (Wildman–Crippen MR) is 66.6 cm³/mol. The maximum atomic E-state index is 13.3. The van der Waals surface area contributed by atoms with E-state index in [1.54, 1.807) is 0 Å². The van der Waals surface area contributed by atoms with Crippen LogP contribution in [-0.2, 0) is 4.74 Å². The summed E-state index contributed by atoms with van der Waals surface area (Å²) in [7, 11) is 0. The molecule has 1 rings (SSSR count). The monoisotopic (exact) mass is 275 g/mol. The van der Waals surface area contributed by atoms with Crippen molar-refractivity contribution in [3.05, 3.63) is 29.6 Å². The van der Waals surface area contributed by atoms with Gasteiger partial charge < -0.3 is 15.2 Å². The fraction of sp³-hybridized carbons (Fsp3) is 0.417. The zero-order valence-electron chi connectivity index (χ0n) is 9.79. The van der Waals surface area contributed by atoms with Gasteiger partial charge >= 0.3 is 0 Å². The number of hydrogen-bond acceptors (Lipinski definition) is 3. The topological polar surface area (TPSA) is 58.6 Å². The van der Waals surface area contributed by atoms with Crippen LogP contribution in [0.4, 0.5) is 4.39 Å². The van der Waals surface area contributed by atoms with Crippen LogP contribution in [-0.4, -0.2) is 36.7 Å². The number of aromatic hydroxyl groups is 1. The van der Waals surface area contributed by atoms with Gasteiger partial charge in [0.15, 0.2) is 0 Å². The number of alkyl halides is 1. The number of carbonyl (C=O) groups is 1. The normalized spacial score (nSPS) is 10.3. The van der Waals surface area contributed by atoms with E-state index in [0.29, 0.717) is 32.1 Å². The first-order valence-corrected chi connectivity index (χ1v) is 6.09. The number of ether oxygens (including phenoxy) is 1. The first-order valence-electron chi connectivity index (χ1n) is 5.56. The van der Waals surface area contributed by atoms with E-state index in [9.17, 15) is 14.3 Å². The molecule has 100 valence electrons. The zero-order chi connectivity index (χ0) is 13.4. The average Bonchev–Trinajstić information content (AvgIpc) is 2.33. The Morgan fingerprint density at radius 3 is 2.89 bits per heavy atom. The zero-order valence-corrected chi connectivity index (χ0v) is 10.5. The molecule has 0 aliphatic heterocycles. The molecule has 1 aromatic carbocycles. The van der Waals surface area contributed by atoms with Crippen molar-refractivity contribution in [3.8, 4) is 5.75 Å². The molecule has 6 heteroatoms. The molecule has 1 aromatic rings. The van der Waals surface area contributed by atoms with Crippen LogP contribution in [0.5, 0.6) is 5.75 Å². The van der Waals surface area contributed by atoms with Gasteiger partial charge in [0.2, 0.25) is 0 Å². The van der Waals surface area contributed by atoms with Gasteiger partial charge in [-0.3, -0.25) is 4.79 Å². The molecule has 0 fully saturated rings. The predicted octanol–water partition coefficient (Wildman–Crippen LogP) is 1.91. The molecule has 0 bridgehead atoms. The molecule has 1 amide bonds. The van der Waals surface area contributed by atoms with Gasteiger partial charge in [-0.15, -0.1) is 11.6 Å². The lowest BCUT2D eigenvalue weighted by Crippen LogP contribution is -2.26. The molecule has 4 nitrogen and oxygen atoms in total. The summed E-state index contributed by atoms with van der Waals surface area (Å²) in [5, 5.41) is 11.9. The van der Waals surface area contributed by atoms with E-state index in [-0.39, 0.29) is 11.3 Å². The second-order valence-electron chi connectivity index (χ2n) is 3.54. The molecule has 0 atom stereocenters. The van der Waals surface area contributed by atoms with Crippen molar-refractivity contribution in [1.82, 2.24) is 5.32 Å². The van der Waals surface area contributed by atoms with E-state index in [0.717, 1.165) is 6.07 Å². The SMILES string of the molecule is O=C(NCCCOCCCl)c1c(O)cccc1F. The molecule has 0 radical (unpaired) electrons. The number of amides is 1. The number of rotatable bonds is 7. The van der Waals surface area contributed by atoms with Crippen molar-refractivity contribution < 1.29 is 19.0 Å². The fourth-order valence-electron chi connectivity index (χ4n) is 1.36. The van der Waals surface area contributed by atoms with Gasteiger partial charge in [-0.05, 0) is 18.6 Å². The van der Waals surface area contributed by atoms with Crippen molar-refractivity contribution >= 4 is 17.5 Å². The first-order chi connectivity index (χ1) is 8.66. The Labute approximate surface area is 110 Å². The van der Waals surface area contributed by atoms with Crippen molar-refractivity contribution in [2.24, 2.45) is 0 Å². The van der Waals surface area contributed by atoms with Crippen molar-refractivity contribution in [2.45, 2.75) is 6.42 Å². The highest BCUT2D eigenvalue weighted by Gasteiger charge is 2.15. The van der Waals surface area contributed by atoms with E-state index >= 15 is 0 Å². The van der Waals surface area contributed by atoms with Crippen molar-refractivity contribution in [3.63, 3.8) is 0 Å². The second-order valence-corrected chi connectivity index (χ2v) is 3.92. The number of hydrogen-bond donors (Lipinski definition) is 2. The van der Waals surface area contributed by atoms with Crippen molar-refractivity contribution in [1.29, 1.82) is 0 Å². The quantitative estimate of drug-likeness (QED) is 0.590. The number of phenols is 1. The third-order valence-electron chi connectivity index (χ3n) is 2.19. The van der Waals surface area contributed by atoms with E-state index in [4.69, 9.17) is 16.3 Å². The van der Waals surface area contributed by atoms with Gasteiger partial charge in [0.05, 0.1) is 6.61 Å². The largest absolute Gasteiger partial charge is 0.507 e. The number of halogens is 2. The molecule has 0 spiro atoms. The van der Waals surface area contributed by atoms with E-state index in [1.807, 2.05) is 0 Å². The molecule has 0 aromatic heterocycles. The van der Waals surface area contributed by atoms with Crippen LogP contribution in [0.15, 0.2) is 18.2 Å². The number of phenolic OH excluding ortho intramolecular Hbond substituents is 1. The number of carbonyl (C=O) groups excluding carboxylic acids is 1. The summed E-state index contributed by atoms with van der Waals surface area (Å²) >= 11 is 5.42. The summed E-state index contributed by atoms with van der Waals surface area (Å²) in [6, 6.07) is 3.72. The fourth-order valence-corrected chi connectivity index (χ4v) is 1.47. The molecule has 0 heterocycles. The smallest absolute Gasteiger partial charge is 0.258 e. The van der Waals surface area contributed by atoms with E-state index in [2.05, 4.69) is 5.32 Å². The van der Waals surface area contributed by atoms with Gasteiger partial charge in [0.1, 0.15) is 17.1 Å². The Kier molecular flexibility index (Phi) is 6.46.